The van der Waals surface area contributed by atoms with Gasteiger partial charge in [-0.25, -0.2) is 9.59 Å². The Bertz CT molecular complexity index is 569. The van der Waals surface area contributed by atoms with E-state index in [2.05, 4.69) is 15.2 Å². The molecule has 0 saturated carbocycles. The van der Waals surface area contributed by atoms with E-state index in [4.69, 9.17) is 4.74 Å². The van der Waals surface area contributed by atoms with Crippen LogP contribution < -0.4 is 5.32 Å². The van der Waals surface area contributed by atoms with Crippen molar-refractivity contribution >= 4 is 17.8 Å². The zero-order valence-electron chi connectivity index (χ0n) is 12.1. The van der Waals surface area contributed by atoms with Crippen LogP contribution in [0.25, 0.3) is 0 Å². The molecule has 0 unspecified atom stereocenters. The Hall–Kier alpha value is -2.09. The van der Waals surface area contributed by atoms with Gasteiger partial charge in [0.1, 0.15) is 5.69 Å². The molecule has 0 aromatic carbocycles. The molecule has 2 fully saturated rings. The van der Waals surface area contributed by atoms with Crippen molar-refractivity contribution in [3.63, 3.8) is 0 Å². The number of aromatic nitrogens is 2. The summed E-state index contributed by atoms with van der Waals surface area (Å²) in [6.45, 7) is 2.91. The van der Waals surface area contributed by atoms with Gasteiger partial charge in [-0.05, 0) is 6.42 Å². The van der Waals surface area contributed by atoms with Crippen LogP contribution in [0, 0.1) is 5.41 Å². The number of methoxy groups -OCH3 is 1. The van der Waals surface area contributed by atoms with Gasteiger partial charge in [0, 0.05) is 38.2 Å². The van der Waals surface area contributed by atoms with Gasteiger partial charge in [0.15, 0.2) is 5.82 Å². The maximum atomic E-state index is 12.1. The molecule has 1 aromatic heterocycles. The van der Waals surface area contributed by atoms with Gasteiger partial charge in [-0.15, -0.1) is 0 Å². The van der Waals surface area contributed by atoms with Crippen LogP contribution in [0.1, 0.15) is 16.9 Å². The molecular weight excluding hydrogens is 276 g/mol. The molecule has 8 heteroatoms. The van der Waals surface area contributed by atoms with Crippen LogP contribution in [0.2, 0.25) is 0 Å². The quantitative estimate of drug-likeness (QED) is 0.801. The number of amides is 2. The van der Waals surface area contributed by atoms with Gasteiger partial charge in [0.05, 0.1) is 13.7 Å². The molecule has 2 saturated heterocycles. The average Bonchev–Trinajstić information content (AvgIpc) is 3.03. The van der Waals surface area contributed by atoms with E-state index in [0.29, 0.717) is 18.9 Å². The van der Waals surface area contributed by atoms with Crippen molar-refractivity contribution in [2.75, 3.05) is 38.7 Å². The summed E-state index contributed by atoms with van der Waals surface area (Å²) in [7, 11) is 2.92. The number of esters is 1. The number of urea groups is 1. The molecule has 21 heavy (non-hydrogen) atoms. The number of ether oxygens (including phenoxy) is 2. The van der Waals surface area contributed by atoms with E-state index in [0.717, 1.165) is 19.6 Å². The van der Waals surface area contributed by atoms with Crippen LogP contribution >= 0.6 is 0 Å². The van der Waals surface area contributed by atoms with Crippen LogP contribution in [0.5, 0.6) is 0 Å². The molecule has 2 aliphatic heterocycles. The molecule has 1 N–H and O–H groups in total. The van der Waals surface area contributed by atoms with Crippen molar-refractivity contribution in [1.29, 1.82) is 0 Å². The zero-order chi connectivity index (χ0) is 15.0. The number of anilines is 1. The van der Waals surface area contributed by atoms with E-state index >= 15 is 0 Å². The van der Waals surface area contributed by atoms with Crippen LogP contribution in [0.4, 0.5) is 10.6 Å². The number of nitrogens with zero attached hydrogens (tertiary/aromatic N) is 3. The van der Waals surface area contributed by atoms with Gasteiger partial charge in [0.2, 0.25) is 0 Å². The summed E-state index contributed by atoms with van der Waals surface area (Å²) >= 11 is 0. The van der Waals surface area contributed by atoms with Gasteiger partial charge >= 0.3 is 12.0 Å². The zero-order valence-corrected chi connectivity index (χ0v) is 12.1. The Balaban J connectivity index is 1.60. The fourth-order valence-corrected chi connectivity index (χ4v) is 2.82. The van der Waals surface area contributed by atoms with Crippen molar-refractivity contribution in [3.8, 4) is 0 Å². The first-order valence-corrected chi connectivity index (χ1v) is 6.79. The van der Waals surface area contributed by atoms with Gasteiger partial charge in [-0.2, -0.15) is 5.10 Å². The minimum Gasteiger partial charge on any atom is -0.464 e. The molecule has 0 bridgehead atoms. The van der Waals surface area contributed by atoms with E-state index in [1.54, 1.807) is 11.9 Å². The van der Waals surface area contributed by atoms with Crippen molar-refractivity contribution < 1.29 is 19.1 Å². The van der Waals surface area contributed by atoms with Crippen molar-refractivity contribution in [1.82, 2.24) is 14.7 Å². The largest absolute Gasteiger partial charge is 0.464 e. The normalized spacial score (nSPS) is 19.4. The summed E-state index contributed by atoms with van der Waals surface area (Å²) in [6.07, 6.45) is 1.01. The number of aryl methyl sites for hydroxylation is 1. The molecule has 8 nitrogen and oxygen atoms in total. The maximum Gasteiger partial charge on any atom is 0.356 e. The van der Waals surface area contributed by atoms with E-state index in [9.17, 15) is 9.59 Å². The summed E-state index contributed by atoms with van der Waals surface area (Å²) in [5.74, 6) is -0.150. The van der Waals surface area contributed by atoms with Crippen LogP contribution in [-0.4, -0.2) is 60.1 Å². The minimum atomic E-state index is -0.489. The first-order valence-electron chi connectivity index (χ1n) is 6.79. The molecule has 0 radical (unpaired) electrons. The average molecular weight is 294 g/mol. The lowest BCUT2D eigenvalue weighted by atomic mass is 9.79. The number of nitrogens with one attached hydrogen (secondary N) is 1. The fourth-order valence-electron chi connectivity index (χ4n) is 2.82. The summed E-state index contributed by atoms with van der Waals surface area (Å²) < 4.78 is 11.4. The van der Waals surface area contributed by atoms with Crippen molar-refractivity contribution in [2.45, 2.75) is 6.42 Å². The smallest absolute Gasteiger partial charge is 0.356 e. The first-order chi connectivity index (χ1) is 10.0. The molecule has 0 aliphatic carbocycles. The minimum absolute atomic E-state index is 0.151. The molecule has 1 spiro atoms. The topological polar surface area (TPSA) is 85.7 Å². The van der Waals surface area contributed by atoms with Gasteiger partial charge in [-0.1, -0.05) is 0 Å². The number of hydrogen-bond donors (Lipinski definition) is 1. The fraction of sp³-hybridized carbons (Fsp3) is 0.615. The van der Waals surface area contributed by atoms with Crippen LogP contribution in [0.15, 0.2) is 6.07 Å². The number of carbonyl (C=O) groups excluding carboxylic acids is 2. The predicted octanol–water partition coefficient (Wildman–Crippen LogP) is 0.461. The van der Waals surface area contributed by atoms with Crippen LogP contribution in [-0.2, 0) is 16.5 Å². The van der Waals surface area contributed by atoms with Crippen LogP contribution in [0.3, 0.4) is 0 Å². The third kappa shape index (κ3) is 2.46. The Kier molecular flexibility index (Phi) is 3.32. The summed E-state index contributed by atoms with van der Waals surface area (Å²) in [4.78, 5) is 25.3. The molecule has 2 aliphatic rings. The molecule has 3 rings (SSSR count). The third-order valence-electron chi connectivity index (χ3n) is 4.03. The van der Waals surface area contributed by atoms with Gasteiger partial charge in [-0.3, -0.25) is 10.00 Å². The monoisotopic (exact) mass is 294 g/mol. The third-order valence-corrected chi connectivity index (χ3v) is 4.03. The maximum absolute atomic E-state index is 12.1. The number of rotatable bonds is 2. The van der Waals surface area contributed by atoms with E-state index in [1.807, 2.05) is 0 Å². The lowest BCUT2D eigenvalue weighted by Gasteiger charge is -2.46. The summed E-state index contributed by atoms with van der Waals surface area (Å²) in [5.41, 5.74) is 0.440. The Morgan fingerprint density at radius 2 is 2.24 bits per heavy atom. The second-order valence-corrected chi connectivity index (χ2v) is 5.62. The molecule has 2 amide bonds. The Labute approximate surface area is 122 Å². The van der Waals surface area contributed by atoms with E-state index in [1.165, 1.54) is 17.9 Å². The molecule has 3 heterocycles. The number of carbonyl (C=O) groups is 2. The lowest BCUT2D eigenvalue weighted by molar-refractivity contribution is 0.0255. The van der Waals surface area contributed by atoms with Crippen molar-refractivity contribution in [2.24, 2.45) is 12.5 Å². The summed E-state index contributed by atoms with van der Waals surface area (Å²) in [5, 5.41) is 6.78. The second kappa shape index (κ2) is 5.03. The standard InChI is InChI=1S/C13H18N4O4/c1-16-9(11(18)20-2)5-10(15-16)14-12(19)17-6-13(7-17)3-4-21-8-13/h5H,3-4,6-8H2,1-2H3,(H,14,15,19). The Morgan fingerprint density at radius 3 is 2.86 bits per heavy atom. The van der Waals surface area contributed by atoms with Gasteiger partial charge < -0.3 is 14.4 Å². The molecule has 114 valence electrons. The van der Waals surface area contributed by atoms with E-state index < -0.39 is 5.97 Å². The highest BCUT2D eigenvalue weighted by atomic mass is 16.5. The molecule has 1 aromatic rings. The highest BCUT2D eigenvalue weighted by Gasteiger charge is 2.47. The van der Waals surface area contributed by atoms with Crippen molar-refractivity contribution in [3.05, 3.63) is 11.8 Å². The SMILES string of the molecule is COC(=O)c1cc(NC(=O)N2CC3(CCOC3)C2)nn1C. The molecular formula is C13H18N4O4. The van der Waals surface area contributed by atoms with E-state index in [-0.39, 0.29) is 17.1 Å². The highest BCUT2D eigenvalue weighted by Crippen LogP contribution is 2.38. The highest BCUT2D eigenvalue weighted by molar-refractivity contribution is 5.92. The number of likely N-dealkylation sites (tertiary alicyclic amines) is 1. The predicted molar refractivity (Wildman–Crippen MR) is 73.0 cm³/mol. The Morgan fingerprint density at radius 1 is 1.48 bits per heavy atom. The first kappa shape index (κ1) is 13.9. The number of hydrogen-bond acceptors (Lipinski definition) is 5. The second-order valence-electron chi connectivity index (χ2n) is 5.62. The van der Waals surface area contributed by atoms with Gasteiger partial charge in [0.25, 0.3) is 0 Å². The summed E-state index contributed by atoms with van der Waals surface area (Å²) in [6, 6.07) is 1.29. The molecule has 0 atom stereocenters. The lowest BCUT2D eigenvalue weighted by Crippen LogP contribution is -2.59.